The van der Waals surface area contributed by atoms with Crippen molar-refractivity contribution in [2.24, 2.45) is 0 Å². The zero-order chi connectivity index (χ0) is 10.4. The van der Waals surface area contributed by atoms with Gasteiger partial charge in [-0.15, -0.1) is 0 Å². The summed E-state index contributed by atoms with van der Waals surface area (Å²) in [5, 5.41) is 12.6. The van der Waals surface area contributed by atoms with E-state index in [2.05, 4.69) is 12.2 Å². The highest BCUT2D eigenvalue weighted by molar-refractivity contribution is 5.05. The summed E-state index contributed by atoms with van der Waals surface area (Å²) in [4.78, 5) is 0. The van der Waals surface area contributed by atoms with Crippen LogP contribution in [0, 0.1) is 6.92 Å². The quantitative estimate of drug-likeness (QED) is 0.731. The predicted octanol–water partition coefficient (Wildman–Crippen LogP) is 1.84. The van der Waals surface area contributed by atoms with Crippen LogP contribution in [0.2, 0.25) is 0 Å². The standard InChI is InChI=1S/C11H19NO2/c1-3-4-10(13)7-12-8-11-6-5-9(2)14-11/h5-6,10,12-13H,3-4,7-8H2,1-2H3. The lowest BCUT2D eigenvalue weighted by Gasteiger charge is -2.09. The van der Waals surface area contributed by atoms with Crippen molar-refractivity contribution in [1.82, 2.24) is 5.32 Å². The van der Waals surface area contributed by atoms with Gasteiger partial charge in [0.1, 0.15) is 11.5 Å². The minimum Gasteiger partial charge on any atom is -0.465 e. The van der Waals surface area contributed by atoms with Gasteiger partial charge in [0.2, 0.25) is 0 Å². The van der Waals surface area contributed by atoms with Crippen LogP contribution in [0.5, 0.6) is 0 Å². The maximum atomic E-state index is 9.44. The number of aryl methyl sites for hydroxylation is 1. The zero-order valence-electron chi connectivity index (χ0n) is 8.92. The summed E-state index contributed by atoms with van der Waals surface area (Å²) in [6, 6.07) is 3.90. The molecule has 0 bridgehead atoms. The molecule has 1 aromatic rings. The molecular formula is C11H19NO2. The summed E-state index contributed by atoms with van der Waals surface area (Å²) in [7, 11) is 0. The zero-order valence-corrected chi connectivity index (χ0v) is 8.92. The fraction of sp³-hybridized carbons (Fsp3) is 0.636. The highest BCUT2D eigenvalue weighted by atomic mass is 16.3. The van der Waals surface area contributed by atoms with Crippen molar-refractivity contribution >= 4 is 0 Å². The molecule has 0 fully saturated rings. The van der Waals surface area contributed by atoms with Gasteiger partial charge in [0, 0.05) is 6.54 Å². The van der Waals surface area contributed by atoms with Crippen LogP contribution in [-0.4, -0.2) is 17.8 Å². The van der Waals surface area contributed by atoms with Gasteiger partial charge in [0.25, 0.3) is 0 Å². The first-order valence-corrected chi connectivity index (χ1v) is 5.16. The third kappa shape index (κ3) is 3.94. The van der Waals surface area contributed by atoms with Crippen LogP contribution in [0.15, 0.2) is 16.5 Å². The lowest BCUT2D eigenvalue weighted by molar-refractivity contribution is 0.159. The number of furan rings is 1. The van der Waals surface area contributed by atoms with E-state index in [1.807, 2.05) is 19.1 Å². The van der Waals surface area contributed by atoms with Crippen molar-refractivity contribution < 1.29 is 9.52 Å². The Morgan fingerprint density at radius 2 is 2.29 bits per heavy atom. The summed E-state index contributed by atoms with van der Waals surface area (Å²) in [5.41, 5.74) is 0. The summed E-state index contributed by atoms with van der Waals surface area (Å²) in [5.74, 6) is 1.85. The molecule has 0 aliphatic rings. The van der Waals surface area contributed by atoms with Gasteiger partial charge < -0.3 is 14.8 Å². The lowest BCUT2D eigenvalue weighted by atomic mass is 10.2. The maximum absolute atomic E-state index is 9.44. The van der Waals surface area contributed by atoms with E-state index in [0.717, 1.165) is 24.4 Å². The predicted molar refractivity (Wildman–Crippen MR) is 56.1 cm³/mol. The smallest absolute Gasteiger partial charge is 0.117 e. The molecular weight excluding hydrogens is 178 g/mol. The van der Waals surface area contributed by atoms with E-state index >= 15 is 0 Å². The number of hydrogen-bond acceptors (Lipinski definition) is 3. The van der Waals surface area contributed by atoms with Crippen molar-refractivity contribution in [3.63, 3.8) is 0 Å². The van der Waals surface area contributed by atoms with Crippen molar-refractivity contribution in [3.8, 4) is 0 Å². The first-order valence-electron chi connectivity index (χ1n) is 5.16. The van der Waals surface area contributed by atoms with E-state index < -0.39 is 0 Å². The fourth-order valence-electron chi connectivity index (χ4n) is 1.38. The highest BCUT2D eigenvalue weighted by Gasteiger charge is 2.02. The molecule has 0 aliphatic carbocycles. The molecule has 2 N–H and O–H groups in total. The molecule has 0 aliphatic heterocycles. The first kappa shape index (κ1) is 11.3. The summed E-state index contributed by atoms with van der Waals surface area (Å²) in [6.45, 7) is 5.32. The van der Waals surface area contributed by atoms with E-state index in [1.54, 1.807) is 0 Å². The average Bonchev–Trinajstić information content (AvgIpc) is 2.52. The summed E-state index contributed by atoms with van der Waals surface area (Å²) >= 11 is 0. The number of aliphatic hydroxyl groups is 1. The molecule has 3 nitrogen and oxygen atoms in total. The van der Waals surface area contributed by atoms with Gasteiger partial charge in [-0.25, -0.2) is 0 Å². The van der Waals surface area contributed by atoms with Crippen LogP contribution in [0.1, 0.15) is 31.3 Å². The molecule has 1 heterocycles. The van der Waals surface area contributed by atoms with Crippen LogP contribution in [0.4, 0.5) is 0 Å². The van der Waals surface area contributed by atoms with E-state index in [0.29, 0.717) is 13.1 Å². The van der Waals surface area contributed by atoms with Gasteiger partial charge in [-0.1, -0.05) is 13.3 Å². The Bertz CT molecular complexity index is 258. The second-order valence-electron chi connectivity index (χ2n) is 3.59. The highest BCUT2D eigenvalue weighted by Crippen LogP contribution is 2.05. The monoisotopic (exact) mass is 197 g/mol. The summed E-state index contributed by atoms with van der Waals surface area (Å²) in [6.07, 6.45) is 1.63. The molecule has 80 valence electrons. The molecule has 0 saturated heterocycles. The largest absolute Gasteiger partial charge is 0.465 e. The number of hydrogen-bond donors (Lipinski definition) is 2. The molecule has 0 aromatic carbocycles. The van der Waals surface area contributed by atoms with Crippen LogP contribution in [0.3, 0.4) is 0 Å². The van der Waals surface area contributed by atoms with Crippen LogP contribution in [-0.2, 0) is 6.54 Å². The van der Waals surface area contributed by atoms with Gasteiger partial charge in [0.15, 0.2) is 0 Å². The molecule has 3 heteroatoms. The molecule has 0 saturated carbocycles. The lowest BCUT2D eigenvalue weighted by Crippen LogP contribution is -2.25. The second kappa shape index (κ2) is 5.83. The molecule has 0 spiro atoms. The van der Waals surface area contributed by atoms with Crippen LogP contribution in [0.25, 0.3) is 0 Å². The average molecular weight is 197 g/mol. The number of nitrogens with one attached hydrogen (secondary N) is 1. The topological polar surface area (TPSA) is 45.4 Å². The third-order valence-electron chi connectivity index (χ3n) is 2.10. The van der Waals surface area contributed by atoms with Gasteiger partial charge in [-0.05, 0) is 25.5 Å². The van der Waals surface area contributed by atoms with Crippen molar-refractivity contribution in [1.29, 1.82) is 0 Å². The second-order valence-corrected chi connectivity index (χ2v) is 3.59. The van der Waals surface area contributed by atoms with Gasteiger partial charge in [0.05, 0.1) is 12.6 Å². The van der Waals surface area contributed by atoms with Gasteiger partial charge >= 0.3 is 0 Å². The van der Waals surface area contributed by atoms with Crippen molar-refractivity contribution in [3.05, 3.63) is 23.7 Å². The minimum atomic E-state index is -0.240. The normalized spacial score (nSPS) is 13.1. The van der Waals surface area contributed by atoms with E-state index in [-0.39, 0.29) is 6.10 Å². The molecule has 0 amide bonds. The molecule has 1 atom stereocenters. The SMILES string of the molecule is CCCC(O)CNCc1ccc(C)o1. The van der Waals surface area contributed by atoms with E-state index in [9.17, 15) is 5.11 Å². The molecule has 1 rings (SSSR count). The van der Waals surface area contributed by atoms with Crippen molar-refractivity contribution in [2.75, 3.05) is 6.54 Å². The van der Waals surface area contributed by atoms with E-state index in [4.69, 9.17) is 4.42 Å². The Morgan fingerprint density at radius 3 is 2.86 bits per heavy atom. The van der Waals surface area contributed by atoms with Gasteiger partial charge in [-0.3, -0.25) is 0 Å². The van der Waals surface area contributed by atoms with Crippen LogP contribution < -0.4 is 5.32 Å². The molecule has 1 unspecified atom stereocenters. The third-order valence-corrected chi connectivity index (χ3v) is 2.10. The van der Waals surface area contributed by atoms with E-state index in [1.165, 1.54) is 0 Å². The Kier molecular flexibility index (Phi) is 4.70. The maximum Gasteiger partial charge on any atom is 0.117 e. The van der Waals surface area contributed by atoms with Crippen LogP contribution >= 0.6 is 0 Å². The molecule has 14 heavy (non-hydrogen) atoms. The van der Waals surface area contributed by atoms with Crippen molar-refractivity contribution in [2.45, 2.75) is 39.3 Å². The Labute approximate surface area is 85.1 Å². The number of rotatable bonds is 6. The molecule has 1 aromatic heterocycles. The Morgan fingerprint density at radius 1 is 1.50 bits per heavy atom. The Hall–Kier alpha value is -0.800. The molecule has 0 radical (unpaired) electrons. The minimum absolute atomic E-state index is 0.240. The van der Waals surface area contributed by atoms with Gasteiger partial charge in [-0.2, -0.15) is 0 Å². The first-order chi connectivity index (χ1) is 6.72. The fourth-order valence-corrected chi connectivity index (χ4v) is 1.38. The Balaban J connectivity index is 2.15. The summed E-state index contributed by atoms with van der Waals surface area (Å²) < 4.78 is 5.38. The number of aliphatic hydroxyl groups excluding tert-OH is 1.